The van der Waals surface area contributed by atoms with Crippen molar-refractivity contribution in [3.05, 3.63) is 30.2 Å². The van der Waals surface area contributed by atoms with Crippen molar-refractivity contribution in [3.8, 4) is 0 Å². The molecule has 0 radical (unpaired) electrons. The Hall–Kier alpha value is -2.90. The second-order valence-electron chi connectivity index (χ2n) is 6.74. The molecule has 126 valence electrons. The number of carbonyl (C=O) groups is 1. The van der Waals surface area contributed by atoms with Crippen LogP contribution in [0.1, 0.15) is 31.1 Å². The number of carbonyl (C=O) groups excluding carboxylic acids is 1. The van der Waals surface area contributed by atoms with Crippen LogP contribution in [0.3, 0.4) is 0 Å². The Kier molecular flexibility index (Phi) is 3.75. The molecule has 0 aliphatic rings. The lowest BCUT2D eigenvalue weighted by molar-refractivity contribution is 0.0921. The highest BCUT2D eigenvalue weighted by molar-refractivity contribution is 6.04. The summed E-state index contributed by atoms with van der Waals surface area (Å²) in [6.07, 6.45) is 5.14. The normalized spacial score (nSPS) is 11.7. The van der Waals surface area contributed by atoms with Crippen LogP contribution >= 0.6 is 0 Å². The minimum atomic E-state index is -0.323. The summed E-state index contributed by atoms with van der Waals surface area (Å²) in [7, 11) is 3.72. The van der Waals surface area contributed by atoms with Crippen LogP contribution < -0.4 is 10.2 Å². The number of nitrogens with one attached hydrogen (secondary N) is 2. The van der Waals surface area contributed by atoms with Crippen LogP contribution in [0.5, 0.6) is 0 Å². The number of anilines is 2. The van der Waals surface area contributed by atoms with Gasteiger partial charge in [0, 0.05) is 38.1 Å². The second-order valence-corrected chi connectivity index (χ2v) is 6.74. The Morgan fingerprint density at radius 3 is 2.71 bits per heavy atom. The lowest BCUT2D eigenvalue weighted by Crippen LogP contribution is -2.40. The third kappa shape index (κ3) is 3.08. The molecule has 0 atom stereocenters. The maximum Gasteiger partial charge on any atom is 0.255 e. The van der Waals surface area contributed by atoms with Crippen molar-refractivity contribution in [2.75, 3.05) is 11.9 Å². The number of nitrogens with zero attached hydrogens (tertiary/aromatic N) is 5. The molecule has 1 amide bonds. The molecule has 0 aliphatic heterocycles. The van der Waals surface area contributed by atoms with Gasteiger partial charge in [0.25, 0.3) is 5.91 Å². The van der Waals surface area contributed by atoms with Gasteiger partial charge in [-0.15, -0.1) is 0 Å². The molecule has 0 unspecified atom stereocenters. The van der Waals surface area contributed by atoms with Crippen LogP contribution in [-0.4, -0.2) is 43.2 Å². The molecule has 24 heavy (non-hydrogen) atoms. The zero-order chi connectivity index (χ0) is 17.5. The monoisotopic (exact) mass is 327 g/mol. The molecule has 0 bridgehead atoms. The van der Waals surface area contributed by atoms with Crippen molar-refractivity contribution in [3.63, 3.8) is 0 Å². The third-order valence-corrected chi connectivity index (χ3v) is 3.49. The summed E-state index contributed by atoms with van der Waals surface area (Å²) in [5, 5.41) is 7.29. The summed E-state index contributed by atoms with van der Waals surface area (Å²) in [5.74, 6) is 1.19. The van der Waals surface area contributed by atoms with E-state index in [-0.39, 0.29) is 11.4 Å². The van der Waals surface area contributed by atoms with Gasteiger partial charge in [0.05, 0.1) is 11.8 Å². The molecule has 3 rings (SSSR count). The molecular formula is C16H21N7O. The first kappa shape index (κ1) is 16.0. The van der Waals surface area contributed by atoms with E-state index >= 15 is 0 Å². The first-order chi connectivity index (χ1) is 11.2. The van der Waals surface area contributed by atoms with Gasteiger partial charge in [0.1, 0.15) is 5.52 Å². The van der Waals surface area contributed by atoms with Crippen molar-refractivity contribution < 1.29 is 4.79 Å². The fourth-order valence-corrected chi connectivity index (χ4v) is 2.32. The smallest absolute Gasteiger partial charge is 0.255 e. The van der Waals surface area contributed by atoms with Crippen LogP contribution in [-0.2, 0) is 7.05 Å². The summed E-state index contributed by atoms with van der Waals surface area (Å²) in [5.41, 5.74) is 1.27. The van der Waals surface area contributed by atoms with Gasteiger partial charge in [-0.1, -0.05) is 0 Å². The van der Waals surface area contributed by atoms with Gasteiger partial charge < -0.3 is 15.2 Å². The van der Waals surface area contributed by atoms with E-state index in [0.717, 1.165) is 5.82 Å². The van der Waals surface area contributed by atoms with Crippen molar-refractivity contribution in [2.45, 2.75) is 26.3 Å². The molecule has 0 fully saturated rings. The fraction of sp³-hybridized carbons (Fsp3) is 0.375. The van der Waals surface area contributed by atoms with Crippen LogP contribution in [0.4, 0.5) is 11.6 Å². The first-order valence-corrected chi connectivity index (χ1v) is 7.64. The van der Waals surface area contributed by atoms with E-state index in [1.165, 1.54) is 0 Å². The SMILES string of the molecule is CN(c1cnc2[nH]cc(C(=O)NC(C)(C)C)c2n1)c1ccn(C)n1. The largest absolute Gasteiger partial charge is 0.347 e. The molecule has 0 aliphatic carbocycles. The van der Waals surface area contributed by atoms with Crippen LogP contribution in [0.25, 0.3) is 11.2 Å². The lowest BCUT2D eigenvalue weighted by atomic mass is 10.1. The van der Waals surface area contributed by atoms with Crippen molar-refractivity contribution in [1.29, 1.82) is 0 Å². The van der Waals surface area contributed by atoms with Gasteiger partial charge in [-0.05, 0) is 20.8 Å². The van der Waals surface area contributed by atoms with Crippen LogP contribution in [0, 0.1) is 0 Å². The number of fused-ring (bicyclic) bond motifs is 1. The second kappa shape index (κ2) is 5.63. The van der Waals surface area contributed by atoms with E-state index in [2.05, 4.69) is 25.4 Å². The predicted molar refractivity (Wildman–Crippen MR) is 92.4 cm³/mol. The first-order valence-electron chi connectivity index (χ1n) is 7.64. The number of hydrogen-bond donors (Lipinski definition) is 2. The van der Waals surface area contributed by atoms with Crippen LogP contribution in [0.15, 0.2) is 24.7 Å². The highest BCUT2D eigenvalue weighted by Crippen LogP contribution is 2.22. The molecule has 0 aromatic carbocycles. The van der Waals surface area contributed by atoms with E-state index < -0.39 is 0 Å². The zero-order valence-corrected chi connectivity index (χ0v) is 14.5. The average Bonchev–Trinajstić information content (AvgIpc) is 3.10. The molecular weight excluding hydrogens is 306 g/mol. The third-order valence-electron chi connectivity index (χ3n) is 3.49. The van der Waals surface area contributed by atoms with E-state index in [1.807, 2.05) is 52.0 Å². The summed E-state index contributed by atoms with van der Waals surface area (Å²) in [4.78, 5) is 26.2. The summed E-state index contributed by atoms with van der Waals surface area (Å²) < 4.78 is 1.72. The summed E-state index contributed by atoms with van der Waals surface area (Å²) in [6.45, 7) is 5.81. The topological polar surface area (TPSA) is 91.7 Å². The van der Waals surface area contributed by atoms with E-state index in [0.29, 0.717) is 22.5 Å². The van der Waals surface area contributed by atoms with Crippen molar-refractivity contribution >= 4 is 28.7 Å². The number of aryl methyl sites for hydroxylation is 1. The number of aromatic amines is 1. The van der Waals surface area contributed by atoms with Crippen molar-refractivity contribution in [1.82, 2.24) is 30.0 Å². The number of aromatic nitrogens is 5. The number of rotatable bonds is 3. The Morgan fingerprint density at radius 1 is 1.33 bits per heavy atom. The molecule has 0 spiro atoms. The standard InChI is InChI=1S/C16H21N7O/c1-16(2,3)20-15(24)10-8-17-14-13(10)19-12(9-18-14)23(5)11-6-7-22(4)21-11/h6-9H,1-5H3,(H,17,18)(H,20,24). The van der Waals surface area contributed by atoms with E-state index in [4.69, 9.17) is 0 Å². The Labute approximate surface area is 139 Å². The minimum absolute atomic E-state index is 0.180. The Morgan fingerprint density at radius 2 is 2.08 bits per heavy atom. The maximum atomic E-state index is 12.5. The summed E-state index contributed by atoms with van der Waals surface area (Å²) >= 11 is 0. The molecule has 2 N–H and O–H groups in total. The highest BCUT2D eigenvalue weighted by atomic mass is 16.1. The number of H-pyrrole nitrogens is 1. The van der Waals surface area contributed by atoms with Gasteiger partial charge in [-0.25, -0.2) is 9.97 Å². The van der Waals surface area contributed by atoms with Gasteiger partial charge in [0.2, 0.25) is 0 Å². The Bertz CT molecular complexity index is 887. The molecule has 0 saturated carbocycles. The van der Waals surface area contributed by atoms with Gasteiger partial charge in [0.15, 0.2) is 17.3 Å². The molecule has 8 nitrogen and oxygen atoms in total. The lowest BCUT2D eigenvalue weighted by Gasteiger charge is -2.20. The van der Waals surface area contributed by atoms with E-state index in [1.54, 1.807) is 17.1 Å². The van der Waals surface area contributed by atoms with Gasteiger partial charge >= 0.3 is 0 Å². The molecule has 3 aromatic rings. The van der Waals surface area contributed by atoms with Crippen LogP contribution in [0.2, 0.25) is 0 Å². The number of amides is 1. The Balaban J connectivity index is 1.98. The van der Waals surface area contributed by atoms with E-state index in [9.17, 15) is 4.79 Å². The highest BCUT2D eigenvalue weighted by Gasteiger charge is 2.20. The van der Waals surface area contributed by atoms with Gasteiger partial charge in [-0.2, -0.15) is 5.10 Å². The maximum absolute atomic E-state index is 12.5. The number of hydrogen-bond acceptors (Lipinski definition) is 5. The average molecular weight is 327 g/mol. The minimum Gasteiger partial charge on any atom is -0.347 e. The van der Waals surface area contributed by atoms with Gasteiger partial charge in [-0.3, -0.25) is 9.48 Å². The fourth-order valence-electron chi connectivity index (χ4n) is 2.32. The molecule has 0 saturated heterocycles. The summed E-state index contributed by atoms with van der Waals surface area (Å²) in [6, 6.07) is 1.89. The predicted octanol–water partition coefficient (Wildman–Crippen LogP) is 1.99. The zero-order valence-electron chi connectivity index (χ0n) is 14.5. The van der Waals surface area contributed by atoms with Crippen molar-refractivity contribution in [2.24, 2.45) is 7.05 Å². The molecule has 8 heteroatoms. The quantitative estimate of drug-likeness (QED) is 0.767. The molecule has 3 heterocycles. The molecule has 3 aromatic heterocycles.